The molecule has 4 aromatic rings. The van der Waals surface area contributed by atoms with Crippen LogP contribution in [0.4, 0.5) is 5.69 Å². The van der Waals surface area contributed by atoms with E-state index in [1.54, 1.807) is 66.8 Å². The molecule has 4 rings (SSSR count). The van der Waals surface area contributed by atoms with E-state index in [4.69, 9.17) is 53.0 Å². The first-order chi connectivity index (χ1) is 21.2. The molecule has 208 valence electrons. The number of nitriles is 4. The monoisotopic (exact) mass is 645 g/mol. The van der Waals surface area contributed by atoms with Gasteiger partial charge in [-0.15, -0.1) is 0 Å². The van der Waals surface area contributed by atoms with E-state index < -0.39 is 0 Å². The molecule has 0 aliphatic carbocycles. The third-order valence-electron chi connectivity index (χ3n) is 6.27. The van der Waals surface area contributed by atoms with E-state index in [0.717, 1.165) is 0 Å². The van der Waals surface area contributed by atoms with Gasteiger partial charge in [-0.25, -0.2) is 4.85 Å². The predicted octanol–water partition coefficient (Wildman–Crippen LogP) is 10.9. The molecule has 0 aliphatic rings. The van der Waals surface area contributed by atoms with Crippen molar-refractivity contribution in [2.24, 2.45) is 0 Å². The molecule has 0 N–H and O–H groups in total. The fourth-order valence-electron chi connectivity index (χ4n) is 4.30. The largest absolute Gasteiger partial charge is 0.237 e. The Morgan fingerprint density at radius 1 is 0.568 bits per heavy atom. The molecule has 9 heteroatoms. The smallest absolute Gasteiger partial charge is 0.196 e. The Bertz CT molecular complexity index is 2030. The second-order valence-electron chi connectivity index (χ2n) is 9.15. The predicted molar refractivity (Wildman–Crippen MR) is 177 cm³/mol. The lowest BCUT2D eigenvalue weighted by Gasteiger charge is -2.08. The van der Waals surface area contributed by atoms with E-state index in [1.165, 1.54) is 24.3 Å². The molecule has 0 amide bonds. The second-order valence-corrected chi connectivity index (χ2v) is 10.8. The quantitative estimate of drug-likeness (QED) is 0.118. The molecule has 0 heterocycles. The van der Waals surface area contributed by atoms with Gasteiger partial charge in [0.2, 0.25) is 0 Å². The SMILES string of the molecule is [C-]#[N+]c1cc(C#N)ccc1/C(C#N)=C/c1cc(/C=C(\C#N)c2ccc(Cl)cc2Cl)cc(/C=C(\C#N)c2ccc(Cl)cc2Cl)c1. The van der Waals surface area contributed by atoms with Gasteiger partial charge in [-0.3, -0.25) is 0 Å². The van der Waals surface area contributed by atoms with Crippen LogP contribution in [0.15, 0.2) is 72.8 Å². The molecule has 0 fully saturated rings. The van der Waals surface area contributed by atoms with Crippen molar-refractivity contribution < 1.29 is 0 Å². The van der Waals surface area contributed by atoms with Crippen LogP contribution in [-0.4, -0.2) is 0 Å². The number of rotatable bonds is 6. The van der Waals surface area contributed by atoms with Crippen LogP contribution in [-0.2, 0) is 0 Å². The Balaban J connectivity index is 1.95. The summed E-state index contributed by atoms with van der Waals surface area (Å²) in [5.41, 5.74) is 4.12. The highest BCUT2D eigenvalue weighted by molar-refractivity contribution is 6.36. The zero-order chi connectivity index (χ0) is 31.8. The summed E-state index contributed by atoms with van der Waals surface area (Å²) in [5, 5.41) is 40.7. The Kier molecular flexibility index (Phi) is 10.3. The van der Waals surface area contributed by atoms with Crippen LogP contribution in [0.2, 0.25) is 20.1 Å². The van der Waals surface area contributed by atoms with E-state index in [0.29, 0.717) is 59.0 Å². The van der Waals surface area contributed by atoms with Gasteiger partial charge in [0.1, 0.15) is 0 Å². The number of benzene rings is 4. The van der Waals surface area contributed by atoms with E-state index in [1.807, 2.05) is 6.07 Å². The number of hydrogen-bond acceptors (Lipinski definition) is 4. The molecule has 0 aliphatic heterocycles. The highest BCUT2D eigenvalue weighted by Crippen LogP contribution is 2.33. The van der Waals surface area contributed by atoms with Crippen molar-refractivity contribution in [3.8, 4) is 24.3 Å². The van der Waals surface area contributed by atoms with Gasteiger partial charge >= 0.3 is 0 Å². The third-order valence-corrected chi connectivity index (χ3v) is 7.37. The normalized spacial score (nSPS) is 11.5. The minimum atomic E-state index is 0.154. The first-order valence-electron chi connectivity index (χ1n) is 12.5. The zero-order valence-electron chi connectivity index (χ0n) is 22.4. The minimum absolute atomic E-state index is 0.154. The lowest BCUT2D eigenvalue weighted by molar-refractivity contribution is 1.48. The van der Waals surface area contributed by atoms with Crippen molar-refractivity contribution in [1.82, 2.24) is 0 Å². The average Bonchev–Trinajstić information content (AvgIpc) is 3.01. The second kappa shape index (κ2) is 14.3. The summed E-state index contributed by atoms with van der Waals surface area (Å²) in [4.78, 5) is 3.49. The van der Waals surface area contributed by atoms with E-state index in [9.17, 15) is 21.0 Å². The Labute approximate surface area is 274 Å². The molecule has 0 unspecified atom stereocenters. The Morgan fingerprint density at radius 3 is 1.34 bits per heavy atom. The fraction of sp³-hybridized carbons (Fsp3) is 0. The maximum atomic E-state index is 10.0. The summed E-state index contributed by atoms with van der Waals surface area (Å²) in [7, 11) is 0. The third kappa shape index (κ3) is 7.37. The number of nitrogens with zero attached hydrogens (tertiary/aromatic N) is 5. The number of allylic oxidation sites excluding steroid dienone is 3. The molecule has 0 bridgehead atoms. The Hall–Kier alpha value is -5.29. The van der Waals surface area contributed by atoms with Gasteiger partial charge in [-0.2, -0.15) is 21.0 Å². The molecule has 5 nitrogen and oxygen atoms in total. The maximum absolute atomic E-state index is 10.0. The standard InChI is InChI=1S/C35H15Cl4N5/c1-44-35-14-21(17-40)2-5-32(35)27(20-43)13-24-9-22(11-25(18-41)30-6-3-28(36)15-33(30)38)8-23(10-24)12-26(19-42)31-7-4-29(37)16-34(31)39/h2-16H/b25-11+,26-12+,27-13+. The average molecular weight is 647 g/mol. The van der Waals surface area contributed by atoms with Gasteiger partial charge in [0.25, 0.3) is 0 Å². The van der Waals surface area contributed by atoms with E-state index >= 15 is 0 Å². The van der Waals surface area contributed by atoms with Gasteiger partial charge < -0.3 is 0 Å². The van der Waals surface area contributed by atoms with Crippen molar-refractivity contribution in [2.75, 3.05) is 0 Å². The van der Waals surface area contributed by atoms with Crippen LogP contribution >= 0.6 is 46.4 Å². The van der Waals surface area contributed by atoms with Gasteiger partial charge in [0, 0.05) is 32.3 Å². The van der Waals surface area contributed by atoms with E-state index in [2.05, 4.69) is 23.1 Å². The molecule has 0 saturated carbocycles. The summed E-state index contributed by atoms with van der Waals surface area (Å²) >= 11 is 24.9. The topological polar surface area (TPSA) is 99.5 Å². The summed E-state index contributed by atoms with van der Waals surface area (Å²) in [6, 6.07) is 27.9. The summed E-state index contributed by atoms with van der Waals surface area (Å²) in [6.07, 6.45) is 4.85. The number of hydrogen-bond donors (Lipinski definition) is 0. The van der Waals surface area contributed by atoms with Gasteiger partial charge in [0.15, 0.2) is 5.69 Å². The van der Waals surface area contributed by atoms with Gasteiger partial charge in [-0.1, -0.05) is 64.6 Å². The van der Waals surface area contributed by atoms with Crippen LogP contribution in [0.25, 0.3) is 39.8 Å². The van der Waals surface area contributed by atoms with Crippen LogP contribution in [0.1, 0.15) is 38.9 Å². The van der Waals surface area contributed by atoms with Gasteiger partial charge in [0.05, 0.1) is 52.0 Å². The molecule has 0 aromatic heterocycles. The van der Waals surface area contributed by atoms with Crippen LogP contribution in [0, 0.1) is 51.9 Å². The maximum Gasteiger partial charge on any atom is 0.196 e. The lowest BCUT2D eigenvalue weighted by Crippen LogP contribution is -1.89. The lowest BCUT2D eigenvalue weighted by atomic mass is 9.96. The van der Waals surface area contributed by atoms with E-state index in [-0.39, 0.29) is 22.4 Å². The first-order valence-corrected chi connectivity index (χ1v) is 14.0. The molecular weight excluding hydrogens is 632 g/mol. The molecule has 0 spiro atoms. The summed E-state index contributed by atoms with van der Waals surface area (Å²) in [5.74, 6) is 0. The van der Waals surface area contributed by atoms with Crippen molar-refractivity contribution >= 4 is 87.0 Å². The van der Waals surface area contributed by atoms with Gasteiger partial charge in [-0.05, 0) is 95.1 Å². The van der Waals surface area contributed by atoms with Crippen LogP contribution in [0.3, 0.4) is 0 Å². The van der Waals surface area contributed by atoms with Crippen molar-refractivity contribution in [3.05, 3.63) is 143 Å². The molecule has 4 aromatic carbocycles. The highest BCUT2D eigenvalue weighted by Gasteiger charge is 2.13. The molecule has 0 atom stereocenters. The molecule has 44 heavy (non-hydrogen) atoms. The molecule has 0 radical (unpaired) electrons. The van der Waals surface area contributed by atoms with Crippen LogP contribution < -0.4 is 0 Å². The van der Waals surface area contributed by atoms with Crippen molar-refractivity contribution in [2.45, 2.75) is 0 Å². The summed E-state index contributed by atoms with van der Waals surface area (Å²) < 4.78 is 0. The summed E-state index contributed by atoms with van der Waals surface area (Å²) in [6.45, 7) is 7.56. The molecule has 0 saturated heterocycles. The Morgan fingerprint density at radius 2 is 0.977 bits per heavy atom. The first kappa shape index (κ1) is 31.6. The van der Waals surface area contributed by atoms with Crippen molar-refractivity contribution in [3.63, 3.8) is 0 Å². The number of halogens is 4. The van der Waals surface area contributed by atoms with Crippen LogP contribution in [0.5, 0.6) is 0 Å². The minimum Gasteiger partial charge on any atom is -0.237 e. The molecular formula is C35H15Cl4N5. The fourth-order valence-corrected chi connectivity index (χ4v) is 5.32. The highest BCUT2D eigenvalue weighted by atomic mass is 35.5. The zero-order valence-corrected chi connectivity index (χ0v) is 25.4. The van der Waals surface area contributed by atoms with Crippen molar-refractivity contribution in [1.29, 1.82) is 21.0 Å².